The topological polar surface area (TPSA) is 88.4 Å². The fraction of sp³-hybridized carbons (Fsp3) is 0.400. The van der Waals surface area contributed by atoms with Crippen molar-refractivity contribution >= 4 is 17.6 Å². The fourth-order valence-electron chi connectivity index (χ4n) is 4.69. The second-order valence-corrected chi connectivity index (χ2v) is 8.34. The monoisotopic (exact) mass is 436 g/mol. The predicted octanol–water partition coefficient (Wildman–Crippen LogP) is 3.88. The minimum atomic E-state index is -0.864. The summed E-state index contributed by atoms with van der Waals surface area (Å²) in [7, 11) is 3.21. The van der Waals surface area contributed by atoms with Gasteiger partial charge in [0.25, 0.3) is 0 Å². The molecule has 0 saturated heterocycles. The van der Waals surface area contributed by atoms with Crippen LogP contribution in [0.15, 0.2) is 47.6 Å². The zero-order valence-electron chi connectivity index (χ0n) is 18.4. The molecule has 0 spiro atoms. The van der Waals surface area contributed by atoms with Crippen molar-refractivity contribution in [3.8, 4) is 11.5 Å². The quantitative estimate of drug-likeness (QED) is 0.712. The Morgan fingerprint density at radius 1 is 1.00 bits per heavy atom. The Morgan fingerprint density at radius 3 is 2.31 bits per heavy atom. The van der Waals surface area contributed by atoms with Crippen LogP contribution in [0.1, 0.15) is 42.4 Å². The van der Waals surface area contributed by atoms with Crippen LogP contribution in [0.3, 0.4) is 0 Å². The van der Waals surface area contributed by atoms with Crippen molar-refractivity contribution in [2.45, 2.75) is 38.6 Å². The van der Waals surface area contributed by atoms with E-state index in [-0.39, 0.29) is 24.2 Å². The van der Waals surface area contributed by atoms with Gasteiger partial charge in [-0.05, 0) is 42.2 Å². The zero-order valence-corrected chi connectivity index (χ0v) is 18.4. The second-order valence-electron chi connectivity index (χ2n) is 8.34. The molecule has 2 aromatic rings. The molecule has 32 heavy (non-hydrogen) atoms. The van der Waals surface area contributed by atoms with Crippen LogP contribution in [0.5, 0.6) is 11.5 Å². The van der Waals surface area contributed by atoms with Gasteiger partial charge in [0.2, 0.25) is 5.91 Å². The number of benzene rings is 2. The first-order valence-electron chi connectivity index (χ1n) is 10.9. The van der Waals surface area contributed by atoms with Crippen LogP contribution in [0.2, 0.25) is 0 Å². The summed E-state index contributed by atoms with van der Waals surface area (Å²) in [6.07, 6.45) is 3.93. The summed E-state index contributed by atoms with van der Waals surface area (Å²) >= 11 is 0. The van der Waals surface area contributed by atoms with E-state index >= 15 is 0 Å². The summed E-state index contributed by atoms with van der Waals surface area (Å²) in [6.45, 7) is 0.353. The highest BCUT2D eigenvalue weighted by Gasteiger charge is 2.41. The smallest absolute Gasteiger partial charge is 0.307 e. The average Bonchev–Trinajstić information content (AvgIpc) is 2.81. The maximum atomic E-state index is 13.3. The Morgan fingerprint density at radius 2 is 1.66 bits per heavy atom. The Bertz CT molecular complexity index is 1030. The SMILES string of the molecule is COc1ccc(C2=NN(Cc3ccc(CC(=O)O)cc3)C(=O)C3CCCCC23)cc1OC. The Balaban J connectivity index is 1.66. The summed E-state index contributed by atoms with van der Waals surface area (Å²) in [5.41, 5.74) is 3.50. The highest BCUT2D eigenvalue weighted by atomic mass is 16.5. The molecule has 1 aliphatic carbocycles. The number of aliphatic carboxylic acids is 1. The number of carbonyl (C=O) groups excluding carboxylic acids is 1. The van der Waals surface area contributed by atoms with Gasteiger partial charge in [-0.3, -0.25) is 9.59 Å². The second kappa shape index (κ2) is 9.42. The van der Waals surface area contributed by atoms with Crippen LogP contribution >= 0.6 is 0 Å². The number of fused-ring (bicyclic) bond motifs is 1. The van der Waals surface area contributed by atoms with Crippen molar-refractivity contribution in [2.75, 3.05) is 14.2 Å². The van der Waals surface area contributed by atoms with E-state index in [1.54, 1.807) is 31.4 Å². The minimum Gasteiger partial charge on any atom is -0.493 e. The number of carboxylic acids is 1. The number of hydrogen-bond acceptors (Lipinski definition) is 5. The Labute approximate surface area is 187 Å². The highest BCUT2D eigenvalue weighted by Crippen LogP contribution is 2.39. The van der Waals surface area contributed by atoms with Gasteiger partial charge >= 0.3 is 5.97 Å². The largest absolute Gasteiger partial charge is 0.493 e. The lowest BCUT2D eigenvalue weighted by molar-refractivity contribution is -0.139. The van der Waals surface area contributed by atoms with Crippen LogP contribution in [-0.2, 0) is 22.6 Å². The first-order valence-corrected chi connectivity index (χ1v) is 10.9. The molecule has 1 heterocycles. The first kappa shape index (κ1) is 21.9. The lowest BCUT2D eigenvalue weighted by Crippen LogP contribution is -2.45. The fourth-order valence-corrected chi connectivity index (χ4v) is 4.69. The molecule has 1 aliphatic heterocycles. The summed E-state index contributed by atoms with van der Waals surface area (Å²) in [6, 6.07) is 13.1. The van der Waals surface area contributed by atoms with E-state index in [0.717, 1.165) is 48.1 Å². The number of hydrazone groups is 1. The number of methoxy groups -OCH3 is 2. The van der Waals surface area contributed by atoms with E-state index in [0.29, 0.717) is 18.0 Å². The molecule has 1 amide bonds. The van der Waals surface area contributed by atoms with Crippen molar-refractivity contribution in [1.82, 2.24) is 5.01 Å². The summed E-state index contributed by atoms with van der Waals surface area (Å²) in [5, 5.41) is 15.4. The van der Waals surface area contributed by atoms with Crippen LogP contribution in [-0.4, -0.2) is 41.9 Å². The predicted molar refractivity (Wildman–Crippen MR) is 120 cm³/mol. The lowest BCUT2D eigenvalue weighted by Gasteiger charge is -2.38. The van der Waals surface area contributed by atoms with E-state index < -0.39 is 5.97 Å². The van der Waals surface area contributed by atoms with Gasteiger partial charge in [0.1, 0.15) is 0 Å². The van der Waals surface area contributed by atoms with Crippen molar-refractivity contribution in [2.24, 2.45) is 16.9 Å². The van der Waals surface area contributed by atoms with Crippen molar-refractivity contribution in [3.63, 3.8) is 0 Å². The third kappa shape index (κ3) is 4.47. The molecule has 2 aromatic carbocycles. The molecule has 2 unspecified atom stereocenters. The summed E-state index contributed by atoms with van der Waals surface area (Å²) in [4.78, 5) is 24.2. The van der Waals surface area contributed by atoms with Crippen LogP contribution < -0.4 is 9.47 Å². The average molecular weight is 437 g/mol. The summed E-state index contributed by atoms with van der Waals surface area (Å²) < 4.78 is 10.9. The van der Waals surface area contributed by atoms with Crippen LogP contribution in [0.25, 0.3) is 0 Å². The molecule has 7 nitrogen and oxygen atoms in total. The third-order valence-corrected chi connectivity index (χ3v) is 6.31. The molecule has 7 heteroatoms. The van der Waals surface area contributed by atoms with Gasteiger partial charge in [-0.2, -0.15) is 5.10 Å². The molecular formula is C25H28N2O5. The molecule has 1 saturated carbocycles. The van der Waals surface area contributed by atoms with Crippen LogP contribution in [0.4, 0.5) is 0 Å². The number of hydrogen-bond donors (Lipinski definition) is 1. The first-order chi connectivity index (χ1) is 15.5. The van der Waals surface area contributed by atoms with Crippen molar-refractivity contribution in [3.05, 3.63) is 59.2 Å². The van der Waals surface area contributed by atoms with Crippen molar-refractivity contribution < 1.29 is 24.2 Å². The molecule has 0 bridgehead atoms. The third-order valence-electron chi connectivity index (χ3n) is 6.31. The summed E-state index contributed by atoms with van der Waals surface area (Å²) in [5.74, 6) is 0.518. The normalized spacial score (nSPS) is 20.4. The van der Waals surface area contributed by atoms with Gasteiger partial charge in [0.05, 0.1) is 32.9 Å². The Hall–Kier alpha value is -3.35. The molecule has 168 valence electrons. The number of carboxylic acid groups (broad SMARTS) is 1. The number of carbonyl (C=O) groups is 2. The number of amides is 1. The number of ether oxygens (including phenoxy) is 2. The number of nitrogens with zero attached hydrogens (tertiary/aromatic N) is 2. The molecule has 1 fully saturated rings. The highest BCUT2D eigenvalue weighted by molar-refractivity contribution is 6.07. The molecule has 0 radical (unpaired) electrons. The zero-order chi connectivity index (χ0) is 22.7. The Kier molecular flexibility index (Phi) is 6.44. The maximum absolute atomic E-state index is 13.3. The van der Waals surface area contributed by atoms with E-state index in [1.165, 1.54) is 0 Å². The van der Waals surface area contributed by atoms with E-state index in [9.17, 15) is 9.59 Å². The number of rotatable bonds is 7. The van der Waals surface area contributed by atoms with Crippen molar-refractivity contribution in [1.29, 1.82) is 0 Å². The minimum absolute atomic E-state index is 0.0196. The van der Waals surface area contributed by atoms with Gasteiger partial charge in [0.15, 0.2) is 11.5 Å². The van der Waals surface area contributed by atoms with Gasteiger partial charge < -0.3 is 14.6 Å². The van der Waals surface area contributed by atoms with E-state index in [2.05, 4.69) is 0 Å². The maximum Gasteiger partial charge on any atom is 0.307 e. The standard InChI is InChI=1S/C25H28N2O5/c1-31-21-12-11-18(14-22(21)32-2)24-19-5-3-4-6-20(19)25(30)27(26-24)15-17-9-7-16(8-10-17)13-23(28)29/h7-12,14,19-20H,3-6,13,15H2,1-2H3,(H,28,29). The molecule has 4 rings (SSSR count). The molecular weight excluding hydrogens is 408 g/mol. The molecule has 0 aromatic heterocycles. The molecule has 1 N–H and O–H groups in total. The molecule has 2 aliphatic rings. The van der Waals surface area contributed by atoms with E-state index in [1.807, 2.05) is 30.3 Å². The van der Waals surface area contributed by atoms with Gasteiger partial charge in [-0.1, -0.05) is 37.1 Å². The molecule has 2 atom stereocenters. The van der Waals surface area contributed by atoms with Crippen LogP contribution in [0, 0.1) is 11.8 Å². The van der Waals surface area contributed by atoms with Gasteiger partial charge in [0, 0.05) is 17.4 Å². The van der Waals surface area contributed by atoms with Gasteiger partial charge in [-0.15, -0.1) is 0 Å². The lowest BCUT2D eigenvalue weighted by atomic mass is 9.73. The van der Waals surface area contributed by atoms with Gasteiger partial charge in [-0.25, -0.2) is 5.01 Å². The van der Waals surface area contributed by atoms with E-state index in [4.69, 9.17) is 19.7 Å².